The Morgan fingerprint density at radius 3 is 2.44 bits per heavy atom. The maximum Gasteiger partial charge on any atom is 0.0626 e. The number of rotatable bonds is 5. The second-order valence-corrected chi connectivity index (χ2v) is 4.35. The molecule has 0 saturated carbocycles. The van der Waals surface area contributed by atoms with Gasteiger partial charge in [0.25, 0.3) is 0 Å². The Kier molecular flexibility index (Phi) is 5.23. The van der Waals surface area contributed by atoms with Crippen molar-refractivity contribution in [3.8, 4) is 0 Å². The first-order valence-electron chi connectivity index (χ1n) is 5.70. The van der Waals surface area contributed by atoms with Crippen LogP contribution in [0.3, 0.4) is 0 Å². The summed E-state index contributed by atoms with van der Waals surface area (Å²) in [6.45, 7) is 6.37. The van der Waals surface area contributed by atoms with Gasteiger partial charge in [-0.2, -0.15) is 0 Å². The van der Waals surface area contributed by atoms with Gasteiger partial charge in [0, 0.05) is 6.04 Å². The summed E-state index contributed by atoms with van der Waals surface area (Å²) in [7, 11) is 0. The number of aliphatic hydroxyl groups is 1. The van der Waals surface area contributed by atoms with Crippen LogP contribution >= 0.6 is 0 Å². The fourth-order valence-electron chi connectivity index (χ4n) is 1.81. The maximum atomic E-state index is 9.38. The van der Waals surface area contributed by atoms with E-state index in [2.05, 4.69) is 32.2 Å². The van der Waals surface area contributed by atoms with Crippen LogP contribution in [0, 0.1) is 0 Å². The van der Waals surface area contributed by atoms with Crippen LogP contribution in [0.1, 0.15) is 32.4 Å². The van der Waals surface area contributed by atoms with Gasteiger partial charge in [-0.3, -0.25) is 0 Å². The molecule has 0 radical (unpaired) electrons. The van der Waals surface area contributed by atoms with Gasteiger partial charge in [-0.15, -0.1) is 0 Å². The normalized spacial score (nSPS) is 14.2. The minimum absolute atomic E-state index is 0.00630. The first-order valence-corrected chi connectivity index (χ1v) is 5.70. The lowest BCUT2D eigenvalue weighted by molar-refractivity contribution is 0.240. The number of nitrogens with one attached hydrogen (secondary N) is 1. The summed E-state index contributed by atoms with van der Waals surface area (Å²) in [6, 6.07) is 10.3. The number of allylic oxidation sites excluding steroid dienone is 1. The molecule has 1 rings (SSSR count). The van der Waals surface area contributed by atoms with Gasteiger partial charge in [0.05, 0.1) is 12.6 Å². The van der Waals surface area contributed by atoms with E-state index in [-0.39, 0.29) is 18.7 Å². The maximum absolute atomic E-state index is 9.38. The quantitative estimate of drug-likeness (QED) is 0.746. The number of benzene rings is 1. The number of hydrogen-bond acceptors (Lipinski definition) is 2. The van der Waals surface area contributed by atoms with Crippen molar-refractivity contribution in [2.45, 2.75) is 32.9 Å². The van der Waals surface area contributed by atoms with Crippen molar-refractivity contribution < 1.29 is 5.11 Å². The smallest absolute Gasteiger partial charge is 0.0626 e. The molecule has 1 aromatic rings. The Morgan fingerprint density at radius 2 is 1.94 bits per heavy atom. The molecule has 16 heavy (non-hydrogen) atoms. The second-order valence-electron chi connectivity index (χ2n) is 4.35. The molecule has 0 aromatic heterocycles. The summed E-state index contributed by atoms with van der Waals surface area (Å²) in [5, 5.41) is 12.8. The fourth-order valence-corrected chi connectivity index (χ4v) is 1.81. The third-order valence-corrected chi connectivity index (χ3v) is 2.43. The molecule has 0 amide bonds. The van der Waals surface area contributed by atoms with Gasteiger partial charge in [0.15, 0.2) is 0 Å². The largest absolute Gasteiger partial charge is 0.394 e. The van der Waals surface area contributed by atoms with Crippen molar-refractivity contribution >= 4 is 0 Å². The van der Waals surface area contributed by atoms with Crippen molar-refractivity contribution in [1.82, 2.24) is 5.32 Å². The van der Waals surface area contributed by atoms with E-state index in [0.717, 1.165) is 5.56 Å². The highest BCUT2D eigenvalue weighted by Gasteiger charge is 2.11. The highest BCUT2D eigenvalue weighted by Crippen LogP contribution is 2.12. The van der Waals surface area contributed by atoms with Crippen molar-refractivity contribution in [3.05, 3.63) is 47.5 Å². The van der Waals surface area contributed by atoms with E-state index in [0.29, 0.717) is 0 Å². The van der Waals surface area contributed by atoms with E-state index in [1.807, 2.05) is 30.3 Å². The number of aliphatic hydroxyl groups excluding tert-OH is 1. The average molecular weight is 219 g/mol. The Labute approximate surface area is 98.0 Å². The summed E-state index contributed by atoms with van der Waals surface area (Å²) in [5.41, 5.74) is 2.41. The van der Waals surface area contributed by atoms with Crippen molar-refractivity contribution in [3.63, 3.8) is 0 Å². The molecule has 0 aliphatic rings. The third-order valence-electron chi connectivity index (χ3n) is 2.43. The summed E-state index contributed by atoms with van der Waals surface area (Å²) < 4.78 is 0. The molecule has 1 aromatic carbocycles. The standard InChI is InChI=1S/C14H21NO/c1-11(2)9-12(3)15-14(10-16)13-7-5-4-6-8-13/h4-9,12,14-16H,10H2,1-3H3/t12?,14-/m0/s1. The molecule has 0 saturated heterocycles. The molecule has 0 bridgehead atoms. The van der Waals surface area contributed by atoms with Crippen molar-refractivity contribution in [2.75, 3.05) is 6.61 Å². The zero-order valence-corrected chi connectivity index (χ0v) is 10.3. The lowest BCUT2D eigenvalue weighted by atomic mass is 10.1. The Balaban J connectivity index is 2.66. The fraction of sp³-hybridized carbons (Fsp3) is 0.429. The monoisotopic (exact) mass is 219 g/mol. The topological polar surface area (TPSA) is 32.3 Å². The molecule has 0 spiro atoms. The van der Waals surface area contributed by atoms with Gasteiger partial charge in [0.1, 0.15) is 0 Å². The van der Waals surface area contributed by atoms with E-state index >= 15 is 0 Å². The van der Waals surface area contributed by atoms with Crippen molar-refractivity contribution in [1.29, 1.82) is 0 Å². The molecule has 0 aliphatic carbocycles. The molecule has 2 nitrogen and oxygen atoms in total. The minimum Gasteiger partial charge on any atom is -0.394 e. The van der Waals surface area contributed by atoms with Gasteiger partial charge >= 0.3 is 0 Å². The Bertz CT molecular complexity index is 328. The highest BCUT2D eigenvalue weighted by molar-refractivity contribution is 5.19. The molecule has 88 valence electrons. The van der Waals surface area contributed by atoms with Gasteiger partial charge in [0.2, 0.25) is 0 Å². The molecular formula is C14H21NO. The van der Waals surface area contributed by atoms with Crippen LogP contribution in [0.4, 0.5) is 0 Å². The van der Waals surface area contributed by atoms with Crippen LogP contribution in [0.15, 0.2) is 42.0 Å². The highest BCUT2D eigenvalue weighted by atomic mass is 16.3. The summed E-state index contributed by atoms with van der Waals surface area (Å²) >= 11 is 0. The molecule has 2 atom stereocenters. The zero-order chi connectivity index (χ0) is 12.0. The Hall–Kier alpha value is -1.12. The van der Waals surface area contributed by atoms with Crippen molar-refractivity contribution in [2.24, 2.45) is 0 Å². The minimum atomic E-state index is 0.00630. The lowest BCUT2D eigenvalue weighted by Gasteiger charge is -2.20. The molecule has 2 N–H and O–H groups in total. The first-order chi connectivity index (χ1) is 7.63. The van der Waals surface area contributed by atoms with E-state index in [9.17, 15) is 5.11 Å². The van der Waals surface area contributed by atoms with Gasteiger partial charge in [-0.05, 0) is 26.3 Å². The average Bonchev–Trinajstić information content (AvgIpc) is 2.26. The van der Waals surface area contributed by atoms with E-state index in [1.54, 1.807) is 0 Å². The molecule has 1 unspecified atom stereocenters. The van der Waals surface area contributed by atoms with Gasteiger partial charge < -0.3 is 10.4 Å². The zero-order valence-electron chi connectivity index (χ0n) is 10.3. The van der Waals surface area contributed by atoms with Gasteiger partial charge in [-0.1, -0.05) is 42.0 Å². The number of hydrogen-bond donors (Lipinski definition) is 2. The van der Waals surface area contributed by atoms with E-state index in [1.165, 1.54) is 5.57 Å². The van der Waals surface area contributed by atoms with Crippen LogP contribution in [-0.2, 0) is 0 Å². The SMILES string of the molecule is CC(C)=CC(C)N[C@@H](CO)c1ccccc1. The molecule has 2 heteroatoms. The Morgan fingerprint density at radius 1 is 1.31 bits per heavy atom. The lowest BCUT2D eigenvalue weighted by Crippen LogP contribution is -2.31. The molecule has 0 fully saturated rings. The van der Waals surface area contributed by atoms with E-state index in [4.69, 9.17) is 0 Å². The molecule has 0 aliphatic heterocycles. The summed E-state index contributed by atoms with van der Waals surface area (Å²) in [4.78, 5) is 0. The summed E-state index contributed by atoms with van der Waals surface area (Å²) in [5.74, 6) is 0. The van der Waals surface area contributed by atoms with Crippen LogP contribution in [0.2, 0.25) is 0 Å². The summed E-state index contributed by atoms with van der Waals surface area (Å²) in [6.07, 6.45) is 2.16. The predicted octanol–water partition coefficient (Wildman–Crippen LogP) is 2.66. The predicted molar refractivity (Wildman–Crippen MR) is 68.3 cm³/mol. The van der Waals surface area contributed by atoms with E-state index < -0.39 is 0 Å². The van der Waals surface area contributed by atoms with Crippen LogP contribution in [-0.4, -0.2) is 17.8 Å². The van der Waals surface area contributed by atoms with Crippen LogP contribution in [0.5, 0.6) is 0 Å². The molecular weight excluding hydrogens is 198 g/mol. The third kappa shape index (κ3) is 4.17. The van der Waals surface area contributed by atoms with Crippen LogP contribution < -0.4 is 5.32 Å². The molecule has 0 heterocycles. The first kappa shape index (κ1) is 12.9. The van der Waals surface area contributed by atoms with Gasteiger partial charge in [-0.25, -0.2) is 0 Å². The second kappa shape index (κ2) is 6.46. The van der Waals surface area contributed by atoms with Crippen LogP contribution in [0.25, 0.3) is 0 Å².